The minimum Gasteiger partial charge on any atom is -0.334 e. The summed E-state index contributed by atoms with van der Waals surface area (Å²) in [6.45, 7) is 0.270. The standard InChI is InChI=1S/C19H14ClF4NO/c20-15-6-2-1-4-13(15)12-8-10-25(11-9-12)18(26)17-14(19(22,23)24)5-3-7-16(17)21/h1-8H,9-11H2. The number of alkyl halides is 3. The average Bonchev–Trinajstić information content (AvgIpc) is 2.61. The van der Waals surface area contributed by atoms with Gasteiger partial charge in [-0.15, -0.1) is 0 Å². The van der Waals surface area contributed by atoms with Crippen molar-refractivity contribution in [2.75, 3.05) is 13.1 Å². The van der Waals surface area contributed by atoms with Crippen molar-refractivity contribution in [1.29, 1.82) is 0 Å². The largest absolute Gasteiger partial charge is 0.417 e. The fourth-order valence-corrected chi connectivity index (χ4v) is 3.21. The smallest absolute Gasteiger partial charge is 0.334 e. The van der Waals surface area contributed by atoms with Crippen LogP contribution in [0, 0.1) is 5.82 Å². The molecule has 0 unspecified atom stereocenters. The second kappa shape index (κ2) is 7.11. The minimum absolute atomic E-state index is 0.0883. The number of carbonyl (C=O) groups excluding carboxylic acids is 1. The zero-order valence-electron chi connectivity index (χ0n) is 13.5. The summed E-state index contributed by atoms with van der Waals surface area (Å²) in [6.07, 6.45) is -2.65. The van der Waals surface area contributed by atoms with Crippen LogP contribution in [0.2, 0.25) is 5.02 Å². The Morgan fingerprint density at radius 3 is 2.42 bits per heavy atom. The van der Waals surface area contributed by atoms with Crippen LogP contribution in [0.1, 0.15) is 27.9 Å². The van der Waals surface area contributed by atoms with Gasteiger partial charge in [-0.1, -0.05) is 41.9 Å². The maximum absolute atomic E-state index is 14.0. The van der Waals surface area contributed by atoms with Crippen LogP contribution < -0.4 is 0 Å². The van der Waals surface area contributed by atoms with Crippen LogP contribution in [-0.4, -0.2) is 23.9 Å². The van der Waals surface area contributed by atoms with Gasteiger partial charge in [-0.3, -0.25) is 4.79 Å². The number of carbonyl (C=O) groups is 1. The second-order valence-electron chi connectivity index (χ2n) is 5.87. The second-order valence-corrected chi connectivity index (χ2v) is 6.28. The van der Waals surface area contributed by atoms with Gasteiger partial charge in [0.1, 0.15) is 5.82 Å². The summed E-state index contributed by atoms with van der Waals surface area (Å²) < 4.78 is 53.4. The van der Waals surface area contributed by atoms with Crippen molar-refractivity contribution in [3.05, 3.63) is 76.1 Å². The van der Waals surface area contributed by atoms with Gasteiger partial charge in [-0.2, -0.15) is 13.2 Å². The van der Waals surface area contributed by atoms with Crippen molar-refractivity contribution in [3.63, 3.8) is 0 Å². The molecular weight excluding hydrogens is 370 g/mol. The normalized spacial score (nSPS) is 15.0. The molecule has 0 fully saturated rings. The third-order valence-electron chi connectivity index (χ3n) is 4.25. The molecule has 1 aliphatic heterocycles. The molecule has 0 bridgehead atoms. The summed E-state index contributed by atoms with van der Waals surface area (Å²) in [6, 6.07) is 9.72. The molecule has 1 heterocycles. The van der Waals surface area contributed by atoms with E-state index in [2.05, 4.69) is 0 Å². The molecule has 3 rings (SSSR count). The first kappa shape index (κ1) is 18.5. The summed E-state index contributed by atoms with van der Waals surface area (Å²) in [5.41, 5.74) is -0.467. The van der Waals surface area contributed by atoms with Crippen LogP contribution in [0.4, 0.5) is 17.6 Å². The number of halogens is 5. The Morgan fingerprint density at radius 1 is 1.08 bits per heavy atom. The molecular formula is C19H14ClF4NO. The summed E-state index contributed by atoms with van der Waals surface area (Å²) in [5, 5.41) is 0.562. The van der Waals surface area contributed by atoms with E-state index in [-0.39, 0.29) is 13.1 Å². The van der Waals surface area contributed by atoms with Crippen molar-refractivity contribution in [2.45, 2.75) is 12.6 Å². The van der Waals surface area contributed by atoms with Gasteiger partial charge in [-0.05, 0) is 35.8 Å². The van der Waals surface area contributed by atoms with Crippen LogP contribution in [-0.2, 0) is 6.18 Å². The van der Waals surface area contributed by atoms with Crippen molar-refractivity contribution in [1.82, 2.24) is 4.90 Å². The van der Waals surface area contributed by atoms with Crippen LogP contribution in [0.25, 0.3) is 5.57 Å². The molecule has 0 saturated heterocycles. The third-order valence-corrected chi connectivity index (χ3v) is 4.58. The van der Waals surface area contributed by atoms with Gasteiger partial charge in [0.15, 0.2) is 0 Å². The molecule has 0 radical (unpaired) electrons. The van der Waals surface area contributed by atoms with Crippen molar-refractivity contribution in [2.24, 2.45) is 0 Å². The Morgan fingerprint density at radius 2 is 1.81 bits per heavy atom. The van der Waals surface area contributed by atoms with E-state index < -0.39 is 29.0 Å². The van der Waals surface area contributed by atoms with E-state index in [0.717, 1.165) is 23.3 Å². The number of nitrogens with zero attached hydrogens (tertiary/aromatic N) is 1. The average molecular weight is 384 g/mol. The van der Waals surface area contributed by atoms with E-state index in [1.54, 1.807) is 18.2 Å². The first-order valence-electron chi connectivity index (χ1n) is 7.88. The summed E-state index contributed by atoms with van der Waals surface area (Å²) in [7, 11) is 0. The fourth-order valence-electron chi connectivity index (χ4n) is 2.96. The summed E-state index contributed by atoms with van der Waals surface area (Å²) in [5.74, 6) is -2.14. The molecule has 0 N–H and O–H groups in total. The Hall–Kier alpha value is -2.34. The summed E-state index contributed by atoms with van der Waals surface area (Å²) >= 11 is 6.15. The van der Waals surface area contributed by atoms with Crippen molar-refractivity contribution < 1.29 is 22.4 Å². The van der Waals surface area contributed by atoms with E-state index in [1.807, 2.05) is 12.1 Å². The molecule has 0 atom stereocenters. The molecule has 1 amide bonds. The zero-order chi connectivity index (χ0) is 18.9. The molecule has 1 aliphatic rings. The predicted octanol–water partition coefficient (Wildman–Crippen LogP) is 5.43. The Balaban J connectivity index is 1.87. The maximum Gasteiger partial charge on any atom is 0.417 e. The van der Waals surface area contributed by atoms with E-state index in [9.17, 15) is 22.4 Å². The maximum atomic E-state index is 14.0. The molecule has 0 aliphatic carbocycles. The van der Waals surface area contributed by atoms with Crippen molar-refractivity contribution in [3.8, 4) is 0 Å². The lowest BCUT2D eigenvalue weighted by atomic mass is 9.98. The molecule has 0 saturated carbocycles. The lowest BCUT2D eigenvalue weighted by Gasteiger charge is -2.28. The predicted molar refractivity (Wildman–Crippen MR) is 91.4 cm³/mol. The van der Waals surface area contributed by atoms with E-state index in [4.69, 9.17) is 11.6 Å². The third kappa shape index (κ3) is 3.60. The van der Waals surface area contributed by atoms with Gasteiger partial charge < -0.3 is 4.90 Å². The van der Waals surface area contributed by atoms with E-state index in [0.29, 0.717) is 17.5 Å². The quantitative estimate of drug-likeness (QED) is 0.633. The molecule has 0 aromatic heterocycles. The number of hydrogen-bond donors (Lipinski definition) is 0. The van der Waals surface area contributed by atoms with Gasteiger partial charge in [0.25, 0.3) is 5.91 Å². The molecule has 0 spiro atoms. The first-order valence-corrected chi connectivity index (χ1v) is 8.25. The fraction of sp³-hybridized carbons (Fsp3) is 0.211. The molecule has 2 aromatic rings. The van der Waals surface area contributed by atoms with Gasteiger partial charge in [-0.25, -0.2) is 4.39 Å². The number of hydrogen-bond acceptors (Lipinski definition) is 1. The molecule has 7 heteroatoms. The molecule has 136 valence electrons. The highest BCUT2D eigenvalue weighted by Gasteiger charge is 2.38. The highest BCUT2D eigenvalue weighted by molar-refractivity contribution is 6.32. The topological polar surface area (TPSA) is 20.3 Å². The van der Waals surface area contributed by atoms with Gasteiger partial charge in [0, 0.05) is 18.1 Å². The molecule has 2 nitrogen and oxygen atoms in total. The highest BCUT2D eigenvalue weighted by Crippen LogP contribution is 2.34. The van der Waals surface area contributed by atoms with Gasteiger partial charge in [0.05, 0.1) is 11.1 Å². The highest BCUT2D eigenvalue weighted by atomic mass is 35.5. The van der Waals surface area contributed by atoms with Crippen LogP contribution in [0.15, 0.2) is 48.5 Å². The number of amides is 1. The SMILES string of the molecule is O=C(c1c(F)cccc1C(F)(F)F)N1CC=C(c2ccccc2Cl)CC1. The van der Waals surface area contributed by atoms with Crippen LogP contribution in [0.3, 0.4) is 0 Å². The molecule has 26 heavy (non-hydrogen) atoms. The van der Waals surface area contributed by atoms with E-state index in [1.165, 1.54) is 4.90 Å². The monoisotopic (exact) mass is 383 g/mol. The van der Waals surface area contributed by atoms with Crippen LogP contribution >= 0.6 is 11.6 Å². The van der Waals surface area contributed by atoms with Crippen molar-refractivity contribution >= 4 is 23.1 Å². The minimum atomic E-state index is -4.80. The van der Waals surface area contributed by atoms with Gasteiger partial charge >= 0.3 is 6.18 Å². The Labute approximate surface area is 152 Å². The first-order chi connectivity index (χ1) is 12.3. The zero-order valence-corrected chi connectivity index (χ0v) is 14.2. The number of benzene rings is 2. The molecule has 2 aromatic carbocycles. The van der Waals surface area contributed by atoms with E-state index >= 15 is 0 Å². The van der Waals surface area contributed by atoms with Gasteiger partial charge in [0.2, 0.25) is 0 Å². The number of rotatable bonds is 2. The Bertz CT molecular complexity index is 876. The lowest BCUT2D eigenvalue weighted by molar-refractivity contribution is -0.138. The lowest BCUT2D eigenvalue weighted by Crippen LogP contribution is -2.36. The summed E-state index contributed by atoms with van der Waals surface area (Å²) in [4.78, 5) is 13.7. The van der Waals surface area contributed by atoms with Crippen LogP contribution in [0.5, 0.6) is 0 Å². The Kier molecular flexibility index (Phi) is 5.05.